The van der Waals surface area contributed by atoms with Crippen LogP contribution in [-0.2, 0) is 0 Å². The number of nitrogens with zero attached hydrogens (tertiary/aromatic N) is 2. The monoisotopic (exact) mass is 174 g/mol. The van der Waals surface area contributed by atoms with Gasteiger partial charge in [0.2, 0.25) is 0 Å². The molecule has 0 fully saturated rings. The summed E-state index contributed by atoms with van der Waals surface area (Å²) >= 11 is 3.05. The van der Waals surface area contributed by atoms with E-state index < -0.39 is 0 Å². The lowest BCUT2D eigenvalue weighted by molar-refractivity contribution is 1.17. The average Bonchev–Trinajstić information content (AvgIpc) is 1.80. The fraction of sp³-hybridized carbons (Fsp3) is 0. The van der Waals surface area contributed by atoms with Crippen LogP contribution in [0.3, 0.4) is 0 Å². The number of hydrogen-bond acceptors (Lipinski definition) is 3. The molecule has 2 N–H and O–H groups in total. The zero-order chi connectivity index (χ0) is 6.85. The third-order valence-corrected chi connectivity index (χ3v) is 0.969. The van der Waals surface area contributed by atoms with Crippen LogP contribution in [0.15, 0.2) is 17.0 Å². The first-order chi connectivity index (χ1) is 4.20. The van der Waals surface area contributed by atoms with Crippen LogP contribution in [0.1, 0.15) is 1.37 Å². The Morgan fingerprint density at radius 3 is 3.00 bits per heavy atom. The highest BCUT2D eigenvalue weighted by Crippen LogP contribution is 2.02. The van der Waals surface area contributed by atoms with E-state index >= 15 is 0 Å². The van der Waals surface area contributed by atoms with E-state index in [9.17, 15) is 0 Å². The van der Waals surface area contributed by atoms with Gasteiger partial charge in [0.05, 0.1) is 13.7 Å². The minimum Gasteiger partial charge on any atom is -0.382 e. The highest BCUT2D eigenvalue weighted by molar-refractivity contribution is 9.10. The van der Waals surface area contributed by atoms with Gasteiger partial charge in [0.1, 0.15) is 10.4 Å². The second-order valence-corrected chi connectivity index (χ2v) is 2.00. The Morgan fingerprint density at radius 1 is 1.75 bits per heavy atom. The first-order valence-electron chi connectivity index (χ1n) is 2.45. The highest BCUT2D eigenvalue weighted by atomic mass is 79.9. The van der Waals surface area contributed by atoms with Gasteiger partial charge in [-0.25, -0.2) is 9.97 Å². The number of aromatic nitrogens is 2. The van der Waals surface area contributed by atoms with Crippen molar-refractivity contribution in [1.29, 1.82) is 0 Å². The molecule has 1 rings (SSSR count). The van der Waals surface area contributed by atoms with E-state index in [1.54, 1.807) is 0 Å². The van der Waals surface area contributed by atoms with Crippen molar-refractivity contribution in [3.63, 3.8) is 0 Å². The molecule has 3 nitrogen and oxygen atoms in total. The third-order valence-electron chi connectivity index (χ3n) is 0.587. The van der Waals surface area contributed by atoms with Gasteiger partial charge in [-0.3, -0.25) is 0 Å². The maximum atomic E-state index is 7.03. The lowest BCUT2D eigenvalue weighted by Gasteiger charge is -1.87. The molecule has 0 unspecified atom stereocenters. The summed E-state index contributed by atoms with van der Waals surface area (Å²) in [6, 6.07) is 0. The quantitative estimate of drug-likeness (QED) is 0.634. The van der Waals surface area contributed by atoms with E-state index in [2.05, 4.69) is 25.9 Å². The Morgan fingerprint density at radius 2 is 2.50 bits per heavy atom. The molecule has 0 aliphatic rings. The van der Waals surface area contributed by atoms with Gasteiger partial charge in [-0.2, -0.15) is 0 Å². The molecule has 8 heavy (non-hydrogen) atoms. The summed E-state index contributed by atoms with van der Waals surface area (Å²) in [4.78, 5) is 7.33. The first kappa shape index (κ1) is 4.26. The molecule has 0 spiro atoms. The van der Waals surface area contributed by atoms with Gasteiger partial charge >= 0.3 is 0 Å². The van der Waals surface area contributed by atoms with Crippen molar-refractivity contribution in [1.82, 2.24) is 9.97 Å². The summed E-state index contributed by atoms with van der Waals surface area (Å²) in [6.45, 7) is 0. The lowest BCUT2D eigenvalue weighted by Crippen LogP contribution is -1.89. The lowest BCUT2D eigenvalue weighted by atomic mass is 10.7. The van der Waals surface area contributed by atoms with Crippen molar-refractivity contribution in [3.8, 4) is 0 Å². The smallest absolute Gasteiger partial charge is 0.141 e. The fourth-order valence-electron chi connectivity index (χ4n) is 0.291. The summed E-state index contributed by atoms with van der Waals surface area (Å²) in [5, 5.41) is 0. The molecule has 0 saturated carbocycles. The summed E-state index contributed by atoms with van der Waals surface area (Å²) < 4.78 is 7.56. The fourth-order valence-corrected chi connectivity index (χ4v) is 0.482. The minimum absolute atomic E-state index is 0.00405. The van der Waals surface area contributed by atoms with Gasteiger partial charge < -0.3 is 5.73 Å². The molecule has 0 bridgehead atoms. The van der Waals surface area contributed by atoms with Crippen molar-refractivity contribution < 1.29 is 1.37 Å². The van der Waals surface area contributed by atoms with Crippen LogP contribution in [0, 0.1) is 0 Å². The second-order valence-electron chi connectivity index (χ2n) is 1.19. The standard InChI is InChI=1S/C4H4BrN3/c5-3-1-8-4(6)2-7-3/h1-2H,(H2,6,8)/i2D. The molecule has 0 aliphatic carbocycles. The van der Waals surface area contributed by atoms with Crippen molar-refractivity contribution in [2.75, 3.05) is 5.73 Å². The number of hydrogen-bond donors (Lipinski definition) is 1. The normalized spacial score (nSPS) is 10.9. The molecule has 1 heterocycles. The number of halogens is 1. The van der Waals surface area contributed by atoms with E-state index in [4.69, 9.17) is 7.10 Å². The Bertz CT molecular complexity index is 227. The molecule has 0 aromatic carbocycles. The predicted molar refractivity (Wildman–Crippen MR) is 34.1 cm³/mol. The van der Waals surface area contributed by atoms with Crippen molar-refractivity contribution in [3.05, 3.63) is 17.0 Å². The van der Waals surface area contributed by atoms with Crippen LogP contribution < -0.4 is 5.73 Å². The van der Waals surface area contributed by atoms with Gasteiger partial charge in [-0.15, -0.1) is 0 Å². The molecule has 0 aliphatic heterocycles. The molecule has 1 aromatic heterocycles. The summed E-state index contributed by atoms with van der Waals surface area (Å²) in [7, 11) is 0. The number of nitrogen functional groups attached to an aromatic ring is 1. The number of anilines is 1. The van der Waals surface area contributed by atoms with Crippen LogP contribution in [-0.4, -0.2) is 9.97 Å². The molecule has 42 valence electrons. The van der Waals surface area contributed by atoms with Gasteiger partial charge in [0.15, 0.2) is 0 Å². The third kappa shape index (κ3) is 1.16. The Labute approximate surface area is 56.5 Å². The topological polar surface area (TPSA) is 51.8 Å². The predicted octanol–water partition coefficient (Wildman–Crippen LogP) is 0.821. The van der Waals surface area contributed by atoms with Crippen LogP contribution in [0.5, 0.6) is 0 Å². The summed E-state index contributed by atoms with van der Waals surface area (Å²) in [5.74, 6) is 0.151. The van der Waals surface area contributed by atoms with Crippen LogP contribution in [0.25, 0.3) is 0 Å². The van der Waals surface area contributed by atoms with Gasteiger partial charge in [-0.05, 0) is 15.9 Å². The molecule has 1 aromatic rings. The SMILES string of the molecule is [2H]c1nc(Br)cnc1N. The molecule has 0 amide bonds. The van der Waals surface area contributed by atoms with E-state index in [-0.39, 0.29) is 12.0 Å². The van der Waals surface area contributed by atoms with Crippen molar-refractivity contribution in [2.45, 2.75) is 0 Å². The Hall–Kier alpha value is -0.640. The van der Waals surface area contributed by atoms with Gasteiger partial charge in [0, 0.05) is 0 Å². The zero-order valence-corrected chi connectivity index (χ0v) is 5.51. The zero-order valence-electron chi connectivity index (χ0n) is 4.93. The van der Waals surface area contributed by atoms with E-state index in [1.807, 2.05) is 0 Å². The van der Waals surface area contributed by atoms with Crippen LogP contribution >= 0.6 is 15.9 Å². The molecule has 0 saturated heterocycles. The van der Waals surface area contributed by atoms with E-state index in [0.29, 0.717) is 4.60 Å². The number of nitrogens with two attached hydrogens (primary N) is 1. The molecule has 0 radical (unpaired) electrons. The van der Waals surface area contributed by atoms with Crippen molar-refractivity contribution in [2.24, 2.45) is 0 Å². The second kappa shape index (κ2) is 2.09. The molecular weight excluding hydrogens is 170 g/mol. The molecule has 0 atom stereocenters. The molecule has 4 heteroatoms. The van der Waals surface area contributed by atoms with Crippen molar-refractivity contribution >= 4 is 21.7 Å². The Balaban J connectivity index is 3.17. The minimum atomic E-state index is 0.00405. The van der Waals surface area contributed by atoms with E-state index in [0.717, 1.165) is 0 Å². The van der Waals surface area contributed by atoms with Gasteiger partial charge in [0.25, 0.3) is 0 Å². The first-order valence-corrected chi connectivity index (χ1v) is 2.74. The van der Waals surface area contributed by atoms with E-state index in [1.165, 1.54) is 6.20 Å². The highest BCUT2D eigenvalue weighted by Gasteiger charge is 1.84. The maximum Gasteiger partial charge on any atom is 0.141 e. The van der Waals surface area contributed by atoms with Gasteiger partial charge in [-0.1, -0.05) is 0 Å². The van der Waals surface area contributed by atoms with Crippen LogP contribution in [0.2, 0.25) is 0 Å². The largest absolute Gasteiger partial charge is 0.382 e. The Kier molecular flexibility index (Phi) is 1.11. The van der Waals surface area contributed by atoms with Crippen LogP contribution in [0.4, 0.5) is 5.82 Å². The summed E-state index contributed by atoms with van der Waals surface area (Å²) in [5.41, 5.74) is 5.21. The summed E-state index contributed by atoms with van der Waals surface area (Å²) in [6.07, 6.45) is 1.46. The average molecular weight is 175 g/mol. The number of rotatable bonds is 0. The maximum absolute atomic E-state index is 7.03. The molecular formula is C4H4BrN3.